The summed E-state index contributed by atoms with van der Waals surface area (Å²) in [6.07, 6.45) is 3.29. The number of nitrogens with one attached hydrogen (secondary N) is 1. The number of rotatable bonds is 5. The van der Waals surface area contributed by atoms with Gasteiger partial charge in [0.25, 0.3) is 0 Å². The van der Waals surface area contributed by atoms with E-state index >= 15 is 0 Å². The Bertz CT molecular complexity index is 733. The molecule has 1 aromatic carbocycles. The number of fused-ring (bicyclic) bond motifs is 1. The zero-order chi connectivity index (χ0) is 17.2. The van der Waals surface area contributed by atoms with E-state index in [-0.39, 0.29) is 11.9 Å². The molecule has 0 spiro atoms. The van der Waals surface area contributed by atoms with Crippen molar-refractivity contribution in [3.63, 3.8) is 0 Å². The highest BCUT2D eigenvalue weighted by Crippen LogP contribution is 2.26. The lowest BCUT2D eigenvalue weighted by Crippen LogP contribution is -2.34. The minimum Gasteiger partial charge on any atom is -0.392 e. The van der Waals surface area contributed by atoms with E-state index in [1.165, 1.54) is 11.6 Å². The lowest BCUT2D eigenvalue weighted by Gasteiger charge is -2.23. The second kappa shape index (κ2) is 7.23. The van der Waals surface area contributed by atoms with E-state index in [9.17, 15) is 9.50 Å². The average molecular weight is 345 g/mol. The van der Waals surface area contributed by atoms with Crippen molar-refractivity contribution in [2.24, 2.45) is 0 Å². The fraction of sp³-hybridized carbons (Fsp3) is 0.526. The Labute approximate surface area is 146 Å². The molecule has 1 aliphatic heterocycles. The number of aryl methyl sites for hydroxylation is 1. The van der Waals surface area contributed by atoms with Gasteiger partial charge in [-0.3, -0.25) is 4.90 Å². The number of aliphatic hydroxyl groups excluding tert-OH is 1. The highest BCUT2D eigenvalue weighted by Gasteiger charge is 2.28. The average Bonchev–Trinajstić information content (AvgIpc) is 3.21. The number of aromatic nitrogens is 1. The quantitative estimate of drug-likeness (QED) is 0.868. The maximum Gasteiger partial charge on any atom is 0.140 e. The molecule has 1 fully saturated rings. The highest BCUT2D eigenvalue weighted by molar-refractivity contribution is 5.27. The van der Waals surface area contributed by atoms with Crippen LogP contribution in [0.5, 0.6) is 0 Å². The van der Waals surface area contributed by atoms with Gasteiger partial charge in [-0.2, -0.15) is 0 Å². The predicted octanol–water partition coefficient (Wildman–Crippen LogP) is 2.03. The second-order valence-corrected chi connectivity index (χ2v) is 7.12. The van der Waals surface area contributed by atoms with Gasteiger partial charge in [-0.25, -0.2) is 4.39 Å². The van der Waals surface area contributed by atoms with E-state index in [4.69, 9.17) is 4.52 Å². The van der Waals surface area contributed by atoms with Gasteiger partial charge >= 0.3 is 0 Å². The van der Waals surface area contributed by atoms with Crippen molar-refractivity contribution >= 4 is 0 Å². The van der Waals surface area contributed by atoms with Crippen LogP contribution in [-0.4, -0.2) is 40.4 Å². The Morgan fingerprint density at radius 1 is 1.32 bits per heavy atom. The maximum atomic E-state index is 13.8. The van der Waals surface area contributed by atoms with Gasteiger partial charge in [-0.1, -0.05) is 23.4 Å². The molecule has 2 N–H and O–H groups in total. The first kappa shape index (κ1) is 16.7. The van der Waals surface area contributed by atoms with E-state index in [2.05, 4.69) is 15.4 Å². The summed E-state index contributed by atoms with van der Waals surface area (Å²) in [6.45, 7) is 2.87. The van der Waals surface area contributed by atoms with Crippen molar-refractivity contribution in [2.75, 3.05) is 13.1 Å². The lowest BCUT2D eigenvalue weighted by atomic mass is 9.91. The van der Waals surface area contributed by atoms with Gasteiger partial charge in [-0.15, -0.1) is 0 Å². The van der Waals surface area contributed by atoms with Crippen LogP contribution in [0.3, 0.4) is 0 Å². The Morgan fingerprint density at radius 2 is 2.20 bits per heavy atom. The van der Waals surface area contributed by atoms with Crippen molar-refractivity contribution in [3.05, 3.63) is 52.7 Å². The van der Waals surface area contributed by atoms with Crippen LogP contribution in [0.4, 0.5) is 4.39 Å². The topological polar surface area (TPSA) is 61.5 Å². The van der Waals surface area contributed by atoms with Crippen molar-refractivity contribution in [1.29, 1.82) is 0 Å². The number of likely N-dealkylation sites (tertiary alicyclic amines) is 1. The van der Waals surface area contributed by atoms with Crippen molar-refractivity contribution in [3.8, 4) is 0 Å². The first-order valence-corrected chi connectivity index (χ1v) is 9.02. The Balaban J connectivity index is 1.38. The van der Waals surface area contributed by atoms with Crippen LogP contribution in [0, 0.1) is 5.82 Å². The second-order valence-electron chi connectivity index (χ2n) is 7.12. The summed E-state index contributed by atoms with van der Waals surface area (Å²) >= 11 is 0. The Morgan fingerprint density at radius 3 is 3.00 bits per heavy atom. The molecule has 5 nitrogen and oxygen atoms in total. The monoisotopic (exact) mass is 345 g/mol. The van der Waals surface area contributed by atoms with Gasteiger partial charge in [0.05, 0.1) is 6.10 Å². The molecule has 134 valence electrons. The van der Waals surface area contributed by atoms with Crippen LogP contribution in [-0.2, 0) is 25.9 Å². The molecule has 2 aromatic rings. The highest BCUT2D eigenvalue weighted by atomic mass is 19.1. The van der Waals surface area contributed by atoms with E-state index in [0.29, 0.717) is 24.7 Å². The molecule has 25 heavy (non-hydrogen) atoms. The first-order valence-electron chi connectivity index (χ1n) is 9.02. The molecule has 0 radical (unpaired) electrons. The van der Waals surface area contributed by atoms with Gasteiger partial charge in [0.15, 0.2) is 0 Å². The molecule has 1 unspecified atom stereocenters. The number of hydrogen-bond donors (Lipinski definition) is 2. The Kier molecular flexibility index (Phi) is 4.83. The molecule has 0 bridgehead atoms. The van der Waals surface area contributed by atoms with Gasteiger partial charge in [0.1, 0.15) is 17.3 Å². The number of hydrogen-bond acceptors (Lipinski definition) is 5. The predicted molar refractivity (Wildman–Crippen MR) is 91.5 cm³/mol. The van der Waals surface area contributed by atoms with Crippen LogP contribution in [0.2, 0.25) is 0 Å². The molecule has 4 rings (SSSR count). The molecule has 0 amide bonds. The normalized spacial score (nSPS) is 23.8. The zero-order valence-electron chi connectivity index (χ0n) is 14.2. The van der Waals surface area contributed by atoms with Crippen molar-refractivity contribution in [1.82, 2.24) is 15.4 Å². The minimum absolute atomic E-state index is 0.162. The Hall–Kier alpha value is -1.76. The number of aliphatic hydroxyl groups is 1. The summed E-state index contributed by atoms with van der Waals surface area (Å²) in [5.41, 5.74) is 2.88. The number of β-amino-alcohol motifs (C(OH)–C–C–N with tert-alkyl or cyclic N) is 1. The van der Waals surface area contributed by atoms with E-state index in [0.717, 1.165) is 50.2 Å². The van der Waals surface area contributed by atoms with E-state index in [1.54, 1.807) is 6.07 Å². The third kappa shape index (κ3) is 3.76. The minimum atomic E-state index is -0.224. The van der Waals surface area contributed by atoms with E-state index < -0.39 is 0 Å². The summed E-state index contributed by atoms with van der Waals surface area (Å²) in [6, 6.07) is 7.19. The largest absolute Gasteiger partial charge is 0.392 e. The van der Waals surface area contributed by atoms with Crippen molar-refractivity contribution in [2.45, 2.75) is 50.9 Å². The summed E-state index contributed by atoms with van der Waals surface area (Å²) in [5.74, 6) is 0.823. The molecular weight excluding hydrogens is 321 g/mol. The standard InChI is InChI=1S/C19H24FN3O2/c20-17-4-2-1-3-13(17)10-21-14-5-6-19-16(9-14)18(22-25-19)12-23-8-7-15(24)11-23/h1-4,14-15,21,24H,5-12H2/t14?,15-/m1/s1. The fourth-order valence-corrected chi connectivity index (χ4v) is 3.83. The smallest absolute Gasteiger partial charge is 0.140 e. The van der Waals surface area contributed by atoms with Crippen molar-refractivity contribution < 1.29 is 14.0 Å². The van der Waals surface area contributed by atoms with Gasteiger partial charge in [0.2, 0.25) is 0 Å². The molecule has 1 saturated heterocycles. The lowest BCUT2D eigenvalue weighted by molar-refractivity contribution is 0.173. The molecular formula is C19H24FN3O2. The molecule has 0 saturated carbocycles. The maximum absolute atomic E-state index is 13.8. The third-order valence-corrected chi connectivity index (χ3v) is 5.28. The molecule has 2 aliphatic rings. The number of benzene rings is 1. The number of nitrogens with zero attached hydrogens (tertiary/aromatic N) is 2. The summed E-state index contributed by atoms with van der Waals surface area (Å²) < 4.78 is 19.3. The van der Waals surface area contributed by atoms with Gasteiger partial charge in [-0.05, 0) is 25.3 Å². The van der Waals surface area contributed by atoms with Crippen LogP contribution < -0.4 is 5.32 Å². The van der Waals surface area contributed by atoms with Crippen LogP contribution in [0.15, 0.2) is 28.8 Å². The summed E-state index contributed by atoms with van der Waals surface area (Å²) in [7, 11) is 0. The molecule has 6 heteroatoms. The SMILES string of the molecule is O[C@@H]1CCN(Cc2noc3c2CC(NCc2ccccc2F)CC3)C1. The summed E-state index contributed by atoms with van der Waals surface area (Å²) in [4.78, 5) is 2.22. The van der Waals surface area contributed by atoms with Crippen LogP contribution in [0.25, 0.3) is 0 Å². The molecule has 2 heterocycles. The summed E-state index contributed by atoms with van der Waals surface area (Å²) in [5, 5.41) is 17.4. The van der Waals surface area contributed by atoms with E-state index in [1.807, 2.05) is 12.1 Å². The fourth-order valence-electron chi connectivity index (χ4n) is 3.83. The molecule has 1 aliphatic carbocycles. The van der Waals surface area contributed by atoms with Crippen LogP contribution in [0.1, 0.15) is 35.4 Å². The number of halogens is 1. The molecule has 2 atom stereocenters. The first-order chi connectivity index (χ1) is 12.2. The van der Waals surface area contributed by atoms with Crippen LogP contribution >= 0.6 is 0 Å². The zero-order valence-corrected chi connectivity index (χ0v) is 14.2. The van der Waals surface area contributed by atoms with Gasteiger partial charge in [0, 0.05) is 49.8 Å². The molecule has 1 aromatic heterocycles. The third-order valence-electron chi connectivity index (χ3n) is 5.28. The van der Waals surface area contributed by atoms with Gasteiger partial charge < -0.3 is 14.9 Å².